The molecule has 174 valence electrons. The first-order valence-electron chi connectivity index (χ1n) is 10.9. The van der Waals surface area contributed by atoms with E-state index < -0.39 is 6.09 Å². The van der Waals surface area contributed by atoms with Crippen LogP contribution in [0.5, 0.6) is 5.75 Å². The number of carboxylic acid groups (broad SMARTS) is 1. The maximum Gasteiger partial charge on any atom is 0.407 e. The number of hydrogen-bond acceptors (Lipinski definition) is 6. The number of pyridine rings is 1. The van der Waals surface area contributed by atoms with Crippen molar-refractivity contribution < 1.29 is 19.1 Å². The van der Waals surface area contributed by atoms with E-state index in [0.29, 0.717) is 59.8 Å². The van der Waals surface area contributed by atoms with E-state index in [4.69, 9.17) is 9.15 Å². The average Bonchev–Trinajstić information content (AvgIpc) is 3.38. The van der Waals surface area contributed by atoms with Crippen molar-refractivity contribution in [2.75, 3.05) is 38.2 Å². The van der Waals surface area contributed by atoms with Gasteiger partial charge in [0.15, 0.2) is 17.6 Å². The number of methoxy groups -OCH3 is 1. The fraction of sp³-hybridized carbons (Fsp3) is 0.240. The number of rotatable bonds is 4. The minimum absolute atomic E-state index is 0.121. The van der Waals surface area contributed by atoms with Gasteiger partial charge in [0.2, 0.25) is 0 Å². The SMILES string of the molecule is COc1cc2[nH]c(-c3ccc(C)c(N4CCN(C(=O)O)CC4)c3)cc(=O)c2cc1-c1cnco1. The van der Waals surface area contributed by atoms with E-state index in [1.807, 2.05) is 25.1 Å². The van der Waals surface area contributed by atoms with Gasteiger partial charge >= 0.3 is 6.09 Å². The molecule has 1 amide bonds. The number of nitrogens with zero attached hydrogens (tertiary/aromatic N) is 3. The lowest BCUT2D eigenvalue weighted by Gasteiger charge is -2.35. The van der Waals surface area contributed by atoms with Gasteiger partial charge in [0.05, 0.1) is 24.4 Å². The number of carbonyl (C=O) groups is 1. The van der Waals surface area contributed by atoms with Crippen LogP contribution in [0, 0.1) is 6.92 Å². The first kappa shape index (κ1) is 21.6. The van der Waals surface area contributed by atoms with Gasteiger partial charge in [-0.2, -0.15) is 0 Å². The first-order chi connectivity index (χ1) is 16.4. The van der Waals surface area contributed by atoms with Crippen molar-refractivity contribution in [2.45, 2.75) is 6.92 Å². The third kappa shape index (κ3) is 3.85. The fourth-order valence-electron chi connectivity index (χ4n) is 4.40. The largest absolute Gasteiger partial charge is 0.496 e. The monoisotopic (exact) mass is 460 g/mol. The van der Waals surface area contributed by atoms with Gasteiger partial charge in [-0.1, -0.05) is 12.1 Å². The summed E-state index contributed by atoms with van der Waals surface area (Å²) in [5.74, 6) is 1.09. The van der Waals surface area contributed by atoms with Crippen molar-refractivity contribution >= 4 is 22.7 Å². The van der Waals surface area contributed by atoms with Crippen LogP contribution >= 0.6 is 0 Å². The zero-order valence-corrected chi connectivity index (χ0v) is 18.9. The number of hydrogen-bond donors (Lipinski definition) is 2. The molecule has 2 aromatic carbocycles. The predicted molar refractivity (Wildman–Crippen MR) is 129 cm³/mol. The van der Waals surface area contributed by atoms with Gasteiger partial charge in [0.25, 0.3) is 0 Å². The number of nitrogens with one attached hydrogen (secondary N) is 1. The zero-order chi connectivity index (χ0) is 23.8. The molecule has 1 fully saturated rings. The number of ether oxygens (including phenoxy) is 1. The smallest absolute Gasteiger partial charge is 0.407 e. The summed E-state index contributed by atoms with van der Waals surface area (Å²) >= 11 is 0. The maximum atomic E-state index is 13.1. The Hall–Kier alpha value is -4.27. The normalized spacial score (nSPS) is 13.9. The summed E-state index contributed by atoms with van der Waals surface area (Å²) in [4.78, 5) is 35.2. The Kier molecular flexibility index (Phi) is 5.45. The Bertz CT molecular complexity index is 1420. The van der Waals surface area contributed by atoms with Crippen LogP contribution in [-0.4, -0.2) is 59.4 Å². The summed E-state index contributed by atoms with van der Waals surface area (Å²) < 4.78 is 10.9. The average molecular weight is 460 g/mol. The molecule has 0 unspecified atom stereocenters. The highest BCUT2D eigenvalue weighted by atomic mass is 16.5. The Morgan fingerprint density at radius 3 is 2.62 bits per heavy atom. The highest BCUT2D eigenvalue weighted by Gasteiger charge is 2.22. The highest BCUT2D eigenvalue weighted by molar-refractivity contribution is 5.89. The van der Waals surface area contributed by atoms with E-state index in [0.717, 1.165) is 16.8 Å². The molecule has 0 aliphatic carbocycles. The number of aromatic amines is 1. The molecule has 3 heterocycles. The van der Waals surface area contributed by atoms with Crippen molar-refractivity contribution in [2.24, 2.45) is 0 Å². The third-order valence-corrected chi connectivity index (χ3v) is 6.26. The van der Waals surface area contributed by atoms with Crippen LogP contribution < -0.4 is 15.1 Å². The number of aromatic nitrogens is 2. The van der Waals surface area contributed by atoms with Gasteiger partial charge in [-0.05, 0) is 24.6 Å². The second-order valence-corrected chi connectivity index (χ2v) is 8.27. The van der Waals surface area contributed by atoms with Crippen molar-refractivity contribution in [3.8, 4) is 28.3 Å². The molecule has 34 heavy (non-hydrogen) atoms. The summed E-state index contributed by atoms with van der Waals surface area (Å²) in [7, 11) is 1.57. The second-order valence-electron chi connectivity index (χ2n) is 8.27. The Labute approximate surface area is 195 Å². The van der Waals surface area contributed by atoms with Crippen LogP contribution in [0.3, 0.4) is 0 Å². The molecular weight excluding hydrogens is 436 g/mol. The summed E-state index contributed by atoms with van der Waals surface area (Å²) in [6, 6.07) is 11.2. The van der Waals surface area contributed by atoms with E-state index in [1.165, 1.54) is 11.3 Å². The van der Waals surface area contributed by atoms with Gasteiger partial charge < -0.3 is 29.0 Å². The highest BCUT2D eigenvalue weighted by Crippen LogP contribution is 2.34. The van der Waals surface area contributed by atoms with E-state index in [2.05, 4.69) is 14.9 Å². The molecule has 0 radical (unpaired) electrons. The van der Waals surface area contributed by atoms with E-state index in [9.17, 15) is 14.7 Å². The lowest BCUT2D eigenvalue weighted by Crippen LogP contribution is -2.48. The van der Waals surface area contributed by atoms with Gasteiger partial charge in [-0.15, -0.1) is 0 Å². The lowest BCUT2D eigenvalue weighted by molar-refractivity contribution is 0.142. The molecule has 0 saturated carbocycles. The molecular formula is C25H24N4O5. The first-order valence-corrected chi connectivity index (χ1v) is 10.9. The number of oxazole rings is 1. The van der Waals surface area contributed by atoms with Crippen molar-refractivity contribution in [3.05, 3.63) is 64.8 Å². The predicted octanol–water partition coefficient (Wildman–Crippen LogP) is 3.97. The van der Waals surface area contributed by atoms with Crippen LogP contribution in [0.15, 0.2) is 58.2 Å². The molecule has 0 bridgehead atoms. The van der Waals surface area contributed by atoms with Crippen LogP contribution in [-0.2, 0) is 0 Å². The van der Waals surface area contributed by atoms with Crippen molar-refractivity contribution in [3.63, 3.8) is 0 Å². The van der Waals surface area contributed by atoms with E-state index >= 15 is 0 Å². The second kappa shape index (κ2) is 8.58. The van der Waals surface area contributed by atoms with Crippen molar-refractivity contribution in [1.82, 2.24) is 14.9 Å². The molecule has 2 N–H and O–H groups in total. The standard InChI is InChI=1S/C25H24N4O5/c1-15-3-4-16(9-21(15)28-5-7-29(8-6-28)25(31)32)19-11-22(30)17-10-18(24-13-26-14-34-24)23(33-2)12-20(17)27-19/h3-4,9-14H,5-8H2,1-2H3,(H,27,30)(H,31,32). The number of piperazine rings is 1. The number of fused-ring (bicyclic) bond motifs is 1. The maximum absolute atomic E-state index is 13.1. The summed E-state index contributed by atoms with van der Waals surface area (Å²) in [5, 5.41) is 9.74. The summed E-state index contributed by atoms with van der Waals surface area (Å²) in [6.07, 6.45) is 2.03. The van der Waals surface area contributed by atoms with Gasteiger partial charge in [-0.25, -0.2) is 9.78 Å². The Morgan fingerprint density at radius 1 is 1.15 bits per heavy atom. The third-order valence-electron chi connectivity index (χ3n) is 6.26. The molecule has 9 nitrogen and oxygen atoms in total. The summed E-state index contributed by atoms with van der Waals surface area (Å²) in [5.41, 5.74) is 4.87. The molecule has 2 aromatic heterocycles. The number of aryl methyl sites for hydroxylation is 1. The van der Waals surface area contributed by atoms with Gasteiger partial charge in [-0.3, -0.25) is 4.79 Å². The Morgan fingerprint density at radius 2 is 1.94 bits per heavy atom. The molecule has 0 atom stereocenters. The van der Waals surface area contributed by atoms with Crippen LogP contribution in [0.2, 0.25) is 0 Å². The van der Waals surface area contributed by atoms with E-state index in [1.54, 1.807) is 31.5 Å². The lowest BCUT2D eigenvalue weighted by atomic mass is 10.0. The molecule has 9 heteroatoms. The minimum Gasteiger partial charge on any atom is -0.496 e. The van der Waals surface area contributed by atoms with Gasteiger partial charge in [0, 0.05) is 60.6 Å². The van der Waals surface area contributed by atoms with Crippen LogP contribution in [0.1, 0.15) is 5.56 Å². The number of anilines is 1. The number of amides is 1. The van der Waals surface area contributed by atoms with E-state index in [-0.39, 0.29) is 5.43 Å². The minimum atomic E-state index is -0.888. The molecule has 0 spiro atoms. The van der Waals surface area contributed by atoms with Gasteiger partial charge in [0.1, 0.15) is 5.75 Å². The topological polar surface area (TPSA) is 112 Å². The van der Waals surface area contributed by atoms with Crippen LogP contribution in [0.25, 0.3) is 33.5 Å². The summed E-state index contributed by atoms with van der Waals surface area (Å²) in [6.45, 7) is 4.18. The molecule has 1 aliphatic rings. The quantitative estimate of drug-likeness (QED) is 0.474. The number of H-pyrrole nitrogens is 1. The zero-order valence-electron chi connectivity index (χ0n) is 18.9. The Balaban J connectivity index is 1.53. The molecule has 1 saturated heterocycles. The van der Waals surface area contributed by atoms with Crippen molar-refractivity contribution in [1.29, 1.82) is 0 Å². The van der Waals surface area contributed by atoms with Crippen LogP contribution in [0.4, 0.5) is 10.5 Å². The molecule has 5 rings (SSSR count). The number of benzene rings is 2. The molecule has 1 aliphatic heterocycles. The molecule has 4 aromatic rings. The fourth-order valence-corrected chi connectivity index (χ4v) is 4.40.